The fourth-order valence-corrected chi connectivity index (χ4v) is 2.58. The molecule has 0 fully saturated rings. The molecule has 0 aliphatic carbocycles. The van der Waals surface area contributed by atoms with Gasteiger partial charge >= 0.3 is 0 Å². The van der Waals surface area contributed by atoms with Crippen LogP contribution in [0.3, 0.4) is 0 Å². The number of aromatic amines is 1. The molecule has 2 nitrogen and oxygen atoms in total. The molecule has 0 saturated heterocycles. The monoisotopic (exact) mass is 279 g/mol. The van der Waals surface area contributed by atoms with Crippen LogP contribution in [0.4, 0.5) is 0 Å². The summed E-state index contributed by atoms with van der Waals surface area (Å²) in [7, 11) is 0. The van der Waals surface area contributed by atoms with E-state index in [2.05, 4.69) is 49.3 Å². The molecule has 2 heteroatoms. The third-order valence-electron chi connectivity index (χ3n) is 4.08. The van der Waals surface area contributed by atoms with Crippen molar-refractivity contribution in [1.82, 2.24) is 4.98 Å². The normalized spacial score (nSPS) is 12.5. The highest BCUT2D eigenvalue weighted by molar-refractivity contribution is 5.85. The quantitative estimate of drug-likeness (QED) is 0.677. The van der Waals surface area contributed by atoms with Crippen molar-refractivity contribution in [1.29, 1.82) is 0 Å². The van der Waals surface area contributed by atoms with Crippen LogP contribution in [0.25, 0.3) is 10.9 Å². The lowest BCUT2D eigenvalue weighted by Crippen LogP contribution is -1.95. The van der Waals surface area contributed by atoms with Gasteiger partial charge in [0.05, 0.1) is 0 Å². The van der Waals surface area contributed by atoms with E-state index in [0.29, 0.717) is 12.5 Å². The highest BCUT2D eigenvalue weighted by atomic mass is 16.5. The van der Waals surface area contributed by atoms with Crippen LogP contribution in [0.1, 0.15) is 37.3 Å². The van der Waals surface area contributed by atoms with Crippen molar-refractivity contribution in [3.63, 3.8) is 0 Å². The van der Waals surface area contributed by atoms with Gasteiger partial charge in [0.2, 0.25) is 0 Å². The fourth-order valence-electron chi connectivity index (χ4n) is 2.58. The van der Waals surface area contributed by atoms with Crippen molar-refractivity contribution < 1.29 is 4.74 Å². The minimum absolute atomic E-state index is 0.558. The molecule has 108 valence electrons. The summed E-state index contributed by atoms with van der Waals surface area (Å²) in [6.07, 6.45) is 3.27. The lowest BCUT2D eigenvalue weighted by atomic mass is 9.98. The Bertz CT molecular complexity index is 715. The SMILES string of the molecule is CCC(C)c1c[nH]c2ccc(OCc3ccccc3)cc12. The van der Waals surface area contributed by atoms with Gasteiger partial charge in [0.1, 0.15) is 12.4 Å². The first-order chi connectivity index (χ1) is 10.3. The summed E-state index contributed by atoms with van der Waals surface area (Å²) < 4.78 is 5.92. The standard InChI is InChI=1S/C19H21NO/c1-3-14(2)18-12-20-19-10-9-16(11-17(18)19)21-13-15-7-5-4-6-8-15/h4-12,14,20H,3,13H2,1-2H3. The Labute approximate surface area is 125 Å². The zero-order chi connectivity index (χ0) is 14.7. The Morgan fingerprint density at radius 2 is 1.90 bits per heavy atom. The molecule has 1 unspecified atom stereocenters. The number of nitrogens with one attached hydrogen (secondary N) is 1. The average molecular weight is 279 g/mol. The van der Waals surface area contributed by atoms with Crippen LogP contribution >= 0.6 is 0 Å². The molecule has 0 aliphatic rings. The number of fused-ring (bicyclic) bond motifs is 1. The summed E-state index contributed by atoms with van der Waals surface area (Å²) in [6.45, 7) is 5.09. The van der Waals surface area contributed by atoms with Crippen molar-refractivity contribution in [2.24, 2.45) is 0 Å². The number of hydrogen-bond donors (Lipinski definition) is 1. The molecule has 1 heterocycles. The van der Waals surface area contributed by atoms with E-state index in [1.165, 1.54) is 22.0 Å². The molecule has 2 aromatic carbocycles. The molecule has 0 aliphatic heterocycles. The van der Waals surface area contributed by atoms with Crippen LogP contribution in [-0.2, 0) is 6.61 Å². The summed E-state index contributed by atoms with van der Waals surface area (Å²) >= 11 is 0. The Hall–Kier alpha value is -2.22. The van der Waals surface area contributed by atoms with E-state index in [-0.39, 0.29) is 0 Å². The van der Waals surface area contributed by atoms with Crippen LogP contribution in [0, 0.1) is 0 Å². The molecular weight excluding hydrogens is 258 g/mol. The Kier molecular flexibility index (Phi) is 3.96. The van der Waals surface area contributed by atoms with Gasteiger partial charge in [-0.1, -0.05) is 44.2 Å². The van der Waals surface area contributed by atoms with Gasteiger partial charge in [0.15, 0.2) is 0 Å². The number of H-pyrrole nitrogens is 1. The summed E-state index contributed by atoms with van der Waals surface area (Å²) in [4.78, 5) is 3.35. The Morgan fingerprint density at radius 3 is 2.67 bits per heavy atom. The molecule has 3 rings (SSSR count). The van der Waals surface area contributed by atoms with E-state index in [1.807, 2.05) is 24.3 Å². The second-order valence-corrected chi connectivity index (χ2v) is 5.53. The van der Waals surface area contributed by atoms with Gasteiger partial charge in [-0.2, -0.15) is 0 Å². The third-order valence-corrected chi connectivity index (χ3v) is 4.08. The zero-order valence-corrected chi connectivity index (χ0v) is 12.6. The highest BCUT2D eigenvalue weighted by Gasteiger charge is 2.10. The first-order valence-corrected chi connectivity index (χ1v) is 7.55. The predicted molar refractivity (Wildman–Crippen MR) is 87.8 cm³/mol. The van der Waals surface area contributed by atoms with Crippen LogP contribution < -0.4 is 4.74 Å². The van der Waals surface area contributed by atoms with E-state index in [1.54, 1.807) is 0 Å². The number of rotatable bonds is 5. The molecule has 21 heavy (non-hydrogen) atoms. The summed E-state index contributed by atoms with van der Waals surface area (Å²) in [5.74, 6) is 1.48. The number of ether oxygens (including phenoxy) is 1. The first kappa shape index (κ1) is 13.7. The molecule has 0 bridgehead atoms. The maximum Gasteiger partial charge on any atom is 0.120 e. The highest BCUT2D eigenvalue weighted by Crippen LogP contribution is 2.30. The van der Waals surface area contributed by atoms with Crippen LogP contribution in [0.2, 0.25) is 0 Å². The lowest BCUT2D eigenvalue weighted by molar-refractivity contribution is 0.306. The first-order valence-electron chi connectivity index (χ1n) is 7.55. The summed E-state index contributed by atoms with van der Waals surface area (Å²) in [5.41, 5.74) is 3.74. The lowest BCUT2D eigenvalue weighted by Gasteiger charge is -2.09. The topological polar surface area (TPSA) is 25.0 Å². The van der Waals surface area contributed by atoms with E-state index in [4.69, 9.17) is 4.74 Å². The van der Waals surface area contributed by atoms with E-state index in [9.17, 15) is 0 Å². The summed E-state index contributed by atoms with van der Waals surface area (Å²) in [6, 6.07) is 16.5. The van der Waals surface area contributed by atoms with Crippen LogP contribution in [-0.4, -0.2) is 4.98 Å². The van der Waals surface area contributed by atoms with Gasteiger partial charge in [-0.25, -0.2) is 0 Å². The molecule has 3 aromatic rings. The molecule has 0 amide bonds. The second-order valence-electron chi connectivity index (χ2n) is 5.53. The van der Waals surface area contributed by atoms with E-state index < -0.39 is 0 Å². The van der Waals surface area contributed by atoms with Crippen LogP contribution in [0.5, 0.6) is 5.75 Å². The fraction of sp³-hybridized carbons (Fsp3) is 0.263. The molecule has 0 radical (unpaired) electrons. The van der Waals surface area contributed by atoms with Crippen molar-refractivity contribution in [2.75, 3.05) is 0 Å². The molecular formula is C19H21NO. The van der Waals surface area contributed by atoms with Crippen molar-refractivity contribution in [2.45, 2.75) is 32.8 Å². The number of aromatic nitrogens is 1. The maximum atomic E-state index is 5.92. The molecule has 1 atom stereocenters. The third kappa shape index (κ3) is 2.94. The van der Waals surface area contributed by atoms with E-state index in [0.717, 1.165) is 12.2 Å². The molecule has 0 saturated carbocycles. The van der Waals surface area contributed by atoms with Gasteiger partial charge in [0, 0.05) is 17.1 Å². The molecule has 0 spiro atoms. The predicted octanol–water partition coefficient (Wildman–Crippen LogP) is 5.26. The molecule has 1 aromatic heterocycles. The maximum absolute atomic E-state index is 5.92. The summed E-state index contributed by atoms with van der Waals surface area (Å²) in [5, 5.41) is 1.27. The van der Waals surface area contributed by atoms with Gasteiger partial charge < -0.3 is 9.72 Å². The Balaban J connectivity index is 1.83. The van der Waals surface area contributed by atoms with Crippen molar-refractivity contribution in [3.8, 4) is 5.75 Å². The largest absolute Gasteiger partial charge is 0.489 e. The minimum atomic E-state index is 0.558. The average Bonchev–Trinajstić information content (AvgIpc) is 2.96. The van der Waals surface area contributed by atoms with E-state index >= 15 is 0 Å². The molecule has 1 N–H and O–H groups in total. The van der Waals surface area contributed by atoms with Gasteiger partial charge in [-0.15, -0.1) is 0 Å². The number of benzene rings is 2. The van der Waals surface area contributed by atoms with Crippen molar-refractivity contribution in [3.05, 3.63) is 65.9 Å². The Morgan fingerprint density at radius 1 is 1.10 bits per heavy atom. The zero-order valence-electron chi connectivity index (χ0n) is 12.6. The van der Waals surface area contributed by atoms with Gasteiger partial charge in [0.25, 0.3) is 0 Å². The van der Waals surface area contributed by atoms with Crippen molar-refractivity contribution >= 4 is 10.9 Å². The smallest absolute Gasteiger partial charge is 0.120 e. The second kappa shape index (κ2) is 6.04. The number of hydrogen-bond acceptors (Lipinski definition) is 1. The van der Waals surface area contributed by atoms with Crippen LogP contribution in [0.15, 0.2) is 54.7 Å². The van der Waals surface area contributed by atoms with Gasteiger partial charge in [-0.05, 0) is 41.7 Å². The van der Waals surface area contributed by atoms with Gasteiger partial charge in [-0.3, -0.25) is 0 Å². The minimum Gasteiger partial charge on any atom is -0.489 e.